The van der Waals surface area contributed by atoms with Gasteiger partial charge >= 0.3 is 5.97 Å². The molecule has 1 heterocycles. The lowest BCUT2D eigenvalue weighted by atomic mass is 10.2. The van der Waals surface area contributed by atoms with E-state index in [-0.39, 0.29) is 18.4 Å². The highest BCUT2D eigenvalue weighted by atomic mass is 32.1. The van der Waals surface area contributed by atoms with E-state index in [1.807, 2.05) is 36.6 Å². The predicted molar refractivity (Wildman–Crippen MR) is 99.4 cm³/mol. The number of carbonyl (C=O) groups is 2. The first-order chi connectivity index (χ1) is 12.5. The maximum Gasteiger partial charge on any atom is 0.326 e. The number of hydrogen-bond acceptors (Lipinski definition) is 5. The summed E-state index contributed by atoms with van der Waals surface area (Å²) in [6.07, 6.45) is 1.87. The fourth-order valence-electron chi connectivity index (χ4n) is 2.83. The topological polar surface area (TPSA) is 79.7 Å². The number of aliphatic carboxylic acids is 1. The van der Waals surface area contributed by atoms with Gasteiger partial charge in [-0.15, -0.1) is 11.3 Å². The maximum absolute atomic E-state index is 12.6. The Balaban J connectivity index is 1.69. The van der Waals surface area contributed by atoms with E-state index in [4.69, 9.17) is 4.74 Å². The molecule has 6 nitrogen and oxygen atoms in total. The zero-order valence-corrected chi connectivity index (χ0v) is 15.7. The van der Waals surface area contributed by atoms with Crippen LogP contribution in [-0.4, -0.2) is 45.6 Å². The third-order valence-electron chi connectivity index (χ3n) is 4.30. The van der Waals surface area contributed by atoms with Gasteiger partial charge in [0.15, 0.2) is 0 Å². The molecule has 26 heavy (non-hydrogen) atoms. The summed E-state index contributed by atoms with van der Waals surface area (Å²) >= 11 is 1.48. The van der Waals surface area contributed by atoms with E-state index in [0.29, 0.717) is 12.3 Å². The molecule has 0 bridgehead atoms. The lowest BCUT2D eigenvalue weighted by Gasteiger charge is -2.26. The van der Waals surface area contributed by atoms with Crippen molar-refractivity contribution in [1.29, 1.82) is 0 Å². The van der Waals surface area contributed by atoms with Crippen molar-refractivity contribution >= 4 is 23.2 Å². The standard InChI is InChI=1S/C19H22N2O4S/c1-3-25-16-8-4-13(5-9-16)18-20-14(11-26-18)10-17(22)21(15-6-7-15)12(2)19(23)24/h4-5,8-9,11-12,15H,3,6-7,10H2,1-2H3,(H,23,24). The van der Waals surface area contributed by atoms with Gasteiger partial charge in [0, 0.05) is 17.0 Å². The molecular formula is C19H22N2O4S. The van der Waals surface area contributed by atoms with Gasteiger partial charge in [0.05, 0.1) is 18.7 Å². The van der Waals surface area contributed by atoms with E-state index in [1.165, 1.54) is 16.2 Å². The Morgan fingerprint density at radius 3 is 2.62 bits per heavy atom. The number of carboxylic acid groups (broad SMARTS) is 1. The lowest BCUT2D eigenvalue weighted by Crippen LogP contribution is -2.45. The Morgan fingerprint density at radius 2 is 2.04 bits per heavy atom. The zero-order chi connectivity index (χ0) is 18.7. The Hall–Kier alpha value is -2.41. The van der Waals surface area contributed by atoms with Crippen LogP contribution in [0.4, 0.5) is 0 Å². The summed E-state index contributed by atoms with van der Waals surface area (Å²) in [7, 11) is 0. The molecule has 138 valence electrons. The molecule has 1 aromatic heterocycles. The maximum atomic E-state index is 12.6. The molecule has 0 saturated heterocycles. The average Bonchev–Trinajstić information content (AvgIpc) is 3.34. The molecule has 2 aromatic rings. The number of aromatic nitrogens is 1. The molecule has 1 aliphatic carbocycles. The van der Waals surface area contributed by atoms with Crippen molar-refractivity contribution in [3.8, 4) is 16.3 Å². The van der Waals surface area contributed by atoms with Crippen LogP contribution in [0, 0.1) is 0 Å². The quantitative estimate of drug-likeness (QED) is 0.767. The first-order valence-corrected chi connectivity index (χ1v) is 9.59. The van der Waals surface area contributed by atoms with Crippen LogP contribution >= 0.6 is 11.3 Å². The molecular weight excluding hydrogens is 352 g/mol. The van der Waals surface area contributed by atoms with Gasteiger partial charge in [-0.2, -0.15) is 0 Å². The number of benzene rings is 1. The highest BCUT2D eigenvalue weighted by molar-refractivity contribution is 7.13. The predicted octanol–water partition coefficient (Wildman–Crippen LogP) is 3.22. The van der Waals surface area contributed by atoms with Crippen molar-refractivity contribution in [1.82, 2.24) is 9.88 Å². The van der Waals surface area contributed by atoms with E-state index in [0.717, 1.165) is 29.2 Å². The Labute approximate surface area is 156 Å². The molecule has 0 spiro atoms. The van der Waals surface area contributed by atoms with Gasteiger partial charge in [-0.1, -0.05) is 0 Å². The first-order valence-electron chi connectivity index (χ1n) is 8.71. The number of hydrogen-bond donors (Lipinski definition) is 1. The molecule has 3 rings (SSSR count). The van der Waals surface area contributed by atoms with Crippen LogP contribution in [0.1, 0.15) is 32.4 Å². The highest BCUT2D eigenvalue weighted by Gasteiger charge is 2.38. The van der Waals surface area contributed by atoms with Gasteiger partial charge in [0.2, 0.25) is 5.91 Å². The summed E-state index contributed by atoms with van der Waals surface area (Å²) in [5.74, 6) is -0.338. The second-order valence-electron chi connectivity index (χ2n) is 6.32. The van der Waals surface area contributed by atoms with Crippen LogP contribution in [0.5, 0.6) is 5.75 Å². The summed E-state index contributed by atoms with van der Waals surface area (Å²) in [5, 5.41) is 11.9. The fourth-order valence-corrected chi connectivity index (χ4v) is 3.66. The van der Waals surface area contributed by atoms with Crippen LogP contribution < -0.4 is 4.74 Å². The Kier molecular flexibility index (Phi) is 5.56. The molecule has 1 amide bonds. The molecule has 1 unspecified atom stereocenters. The smallest absolute Gasteiger partial charge is 0.326 e. The van der Waals surface area contributed by atoms with Gasteiger partial charge in [-0.05, 0) is 51.0 Å². The summed E-state index contributed by atoms with van der Waals surface area (Å²) < 4.78 is 5.44. The van der Waals surface area contributed by atoms with Gasteiger partial charge in [0.25, 0.3) is 0 Å². The summed E-state index contributed by atoms with van der Waals surface area (Å²) in [6.45, 7) is 4.12. The van der Waals surface area contributed by atoms with E-state index < -0.39 is 12.0 Å². The van der Waals surface area contributed by atoms with E-state index >= 15 is 0 Å². The van der Waals surface area contributed by atoms with E-state index in [1.54, 1.807) is 6.92 Å². The van der Waals surface area contributed by atoms with Gasteiger partial charge in [-0.3, -0.25) is 4.79 Å². The number of carboxylic acids is 1. The Morgan fingerprint density at radius 1 is 1.35 bits per heavy atom. The van der Waals surface area contributed by atoms with Crippen LogP contribution in [0.2, 0.25) is 0 Å². The second-order valence-corrected chi connectivity index (χ2v) is 7.18. The third-order valence-corrected chi connectivity index (χ3v) is 5.24. The summed E-state index contributed by atoms with van der Waals surface area (Å²) in [5.41, 5.74) is 1.64. The number of nitrogens with zero attached hydrogens (tertiary/aromatic N) is 2. The number of amides is 1. The average molecular weight is 374 g/mol. The van der Waals surface area contributed by atoms with Gasteiger partial charge < -0.3 is 14.7 Å². The molecule has 1 fully saturated rings. The molecule has 1 aliphatic rings. The highest BCUT2D eigenvalue weighted by Crippen LogP contribution is 2.30. The van der Waals surface area contributed by atoms with E-state index in [9.17, 15) is 14.7 Å². The number of ether oxygens (including phenoxy) is 1. The minimum absolute atomic E-state index is 0.0535. The Bertz CT molecular complexity index is 783. The minimum Gasteiger partial charge on any atom is -0.494 e. The van der Waals surface area contributed by atoms with Crippen LogP contribution in [0.3, 0.4) is 0 Å². The third kappa shape index (κ3) is 4.22. The van der Waals surface area contributed by atoms with Crippen LogP contribution in [0.25, 0.3) is 10.6 Å². The molecule has 1 N–H and O–H groups in total. The van der Waals surface area contributed by atoms with Crippen LogP contribution in [0.15, 0.2) is 29.6 Å². The molecule has 7 heteroatoms. The fraction of sp³-hybridized carbons (Fsp3) is 0.421. The SMILES string of the molecule is CCOc1ccc(-c2nc(CC(=O)N(C3CC3)C(C)C(=O)O)cs2)cc1. The summed E-state index contributed by atoms with van der Waals surface area (Å²) in [4.78, 5) is 29.9. The van der Waals surface area contributed by atoms with E-state index in [2.05, 4.69) is 4.98 Å². The number of thiazole rings is 1. The number of carbonyl (C=O) groups excluding carboxylic acids is 1. The van der Waals surface area contributed by atoms with Crippen molar-refractivity contribution in [3.63, 3.8) is 0 Å². The van der Waals surface area contributed by atoms with Crippen molar-refractivity contribution in [2.45, 2.75) is 45.2 Å². The summed E-state index contributed by atoms with van der Waals surface area (Å²) in [6, 6.07) is 6.93. The zero-order valence-electron chi connectivity index (χ0n) is 14.8. The van der Waals surface area contributed by atoms with Gasteiger partial charge in [0.1, 0.15) is 16.8 Å². The van der Waals surface area contributed by atoms with Gasteiger partial charge in [-0.25, -0.2) is 9.78 Å². The second kappa shape index (κ2) is 7.86. The molecule has 1 atom stereocenters. The lowest BCUT2D eigenvalue weighted by molar-refractivity contribution is -0.149. The normalized spacial score (nSPS) is 14.7. The van der Waals surface area contributed by atoms with Crippen molar-refractivity contribution in [2.75, 3.05) is 6.61 Å². The molecule has 1 saturated carbocycles. The van der Waals surface area contributed by atoms with Crippen molar-refractivity contribution in [3.05, 3.63) is 35.3 Å². The number of rotatable bonds is 8. The largest absolute Gasteiger partial charge is 0.494 e. The first kappa shape index (κ1) is 18.4. The molecule has 0 aliphatic heterocycles. The van der Waals surface area contributed by atoms with Crippen molar-refractivity contribution < 1.29 is 19.4 Å². The minimum atomic E-state index is -0.974. The van der Waals surface area contributed by atoms with Crippen LogP contribution in [-0.2, 0) is 16.0 Å². The van der Waals surface area contributed by atoms with Crippen molar-refractivity contribution in [2.24, 2.45) is 0 Å². The monoisotopic (exact) mass is 374 g/mol. The molecule has 0 radical (unpaired) electrons. The molecule has 1 aromatic carbocycles.